The maximum Gasteiger partial charge on any atom is 0.374 e. The van der Waals surface area contributed by atoms with E-state index in [-0.39, 0.29) is 17.9 Å². The first-order valence-corrected chi connectivity index (χ1v) is 8.95. The van der Waals surface area contributed by atoms with Crippen LogP contribution in [0.5, 0.6) is 0 Å². The summed E-state index contributed by atoms with van der Waals surface area (Å²) in [6.07, 6.45) is 9.82. The van der Waals surface area contributed by atoms with Crippen molar-refractivity contribution in [3.63, 3.8) is 0 Å². The molecular weight excluding hydrogens is 388 g/mol. The van der Waals surface area contributed by atoms with Gasteiger partial charge in [-0.1, -0.05) is 0 Å². The summed E-state index contributed by atoms with van der Waals surface area (Å²) in [5.41, 5.74) is 0. The van der Waals surface area contributed by atoms with E-state index in [0.717, 1.165) is 23.7 Å². The van der Waals surface area contributed by atoms with Crippen LogP contribution >= 0.6 is 15.9 Å². The maximum absolute atomic E-state index is 12.4. The number of ether oxygens (including phenoxy) is 1. The molecule has 0 saturated heterocycles. The standard InChI is InChI=1S/C17H17BrN4O3/c18-12-9-20-21(10-12)11-13-5-6-16(24-13)17(23)25-15-4-1-3-14(15)22-8-2-7-19-22/h2,5-10,14-15H,1,3-4,11H2/t14-,15-/m1/s1. The molecular formula is C17H17BrN4O3. The van der Waals surface area contributed by atoms with Crippen molar-refractivity contribution in [2.75, 3.05) is 0 Å². The van der Waals surface area contributed by atoms with E-state index in [9.17, 15) is 4.79 Å². The molecule has 3 heterocycles. The summed E-state index contributed by atoms with van der Waals surface area (Å²) in [5.74, 6) is 0.432. The predicted octanol–water partition coefficient (Wildman–Crippen LogP) is 3.43. The molecule has 0 bridgehead atoms. The number of halogens is 1. The first-order chi connectivity index (χ1) is 12.2. The molecule has 25 heavy (non-hydrogen) atoms. The fourth-order valence-corrected chi connectivity index (χ4v) is 3.50. The highest BCUT2D eigenvalue weighted by Crippen LogP contribution is 2.32. The van der Waals surface area contributed by atoms with E-state index in [0.29, 0.717) is 12.3 Å². The Bertz CT molecular complexity index is 855. The molecule has 8 heteroatoms. The molecule has 3 aromatic heterocycles. The van der Waals surface area contributed by atoms with Crippen molar-refractivity contribution in [1.29, 1.82) is 0 Å². The van der Waals surface area contributed by atoms with Crippen molar-refractivity contribution < 1.29 is 13.9 Å². The van der Waals surface area contributed by atoms with Crippen LogP contribution in [0.1, 0.15) is 41.6 Å². The topological polar surface area (TPSA) is 75.1 Å². The van der Waals surface area contributed by atoms with Gasteiger partial charge in [-0.2, -0.15) is 10.2 Å². The average Bonchev–Trinajstić information content (AvgIpc) is 3.34. The van der Waals surface area contributed by atoms with Crippen molar-refractivity contribution >= 4 is 21.9 Å². The highest BCUT2D eigenvalue weighted by molar-refractivity contribution is 9.10. The molecule has 3 aromatic rings. The molecule has 1 aliphatic rings. The van der Waals surface area contributed by atoms with Gasteiger partial charge in [0.05, 0.1) is 23.3 Å². The molecule has 0 spiro atoms. The average molecular weight is 405 g/mol. The van der Waals surface area contributed by atoms with Gasteiger partial charge in [-0.15, -0.1) is 0 Å². The Kier molecular flexibility index (Phi) is 4.44. The molecule has 1 saturated carbocycles. The number of nitrogens with zero attached hydrogens (tertiary/aromatic N) is 4. The number of furan rings is 1. The maximum atomic E-state index is 12.4. The van der Waals surface area contributed by atoms with Gasteiger partial charge < -0.3 is 9.15 Å². The molecule has 130 valence electrons. The molecule has 0 radical (unpaired) electrons. The molecule has 0 aromatic carbocycles. The monoisotopic (exact) mass is 404 g/mol. The molecule has 7 nitrogen and oxygen atoms in total. The zero-order chi connectivity index (χ0) is 17.2. The zero-order valence-electron chi connectivity index (χ0n) is 13.4. The van der Waals surface area contributed by atoms with Crippen molar-refractivity contribution in [1.82, 2.24) is 19.6 Å². The summed E-state index contributed by atoms with van der Waals surface area (Å²) in [6.45, 7) is 0.457. The van der Waals surface area contributed by atoms with Gasteiger partial charge in [0.1, 0.15) is 11.9 Å². The lowest BCUT2D eigenvalue weighted by molar-refractivity contribution is 0.0174. The van der Waals surface area contributed by atoms with Crippen LogP contribution in [0.3, 0.4) is 0 Å². The number of aromatic nitrogens is 4. The van der Waals surface area contributed by atoms with Crippen molar-refractivity contribution in [2.45, 2.75) is 38.0 Å². The van der Waals surface area contributed by atoms with Crippen molar-refractivity contribution in [2.24, 2.45) is 0 Å². The first kappa shape index (κ1) is 16.1. The van der Waals surface area contributed by atoms with Gasteiger partial charge in [-0.05, 0) is 53.4 Å². The molecule has 0 amide bonds. The van der Waals surface area contributed by atoms with Crippen LogP contribution in [0.2, 0.25) is 0 Å². The number of hydrogen-bond acceptors (Lipinski definition) is 5. The van der Waals surface area contributed by atoms with Crippen LogP contribution in [-0.4, -0.2) is 31.6 Å². The normalized spacial score (nSPS) is 20.0. The summed E-state index contributed by atoms with van der Waals surface area (Å²) in [5, 5.41) is 8.44. The van der Waals surface area contributed by atoms with Gasteiger partial charge in [0, 0.05) is 18.6 Å². The lowest BCUT2D eigenvalue weighted by Crippen LogP contribution is -2.25. The second kappa shape index (κ2) is 6.87. The summed E-state index contributed by atoms with van der Waals surface area (Å²) < 4.78 is 15.8. The van der Waals surface area contributed by atoms with Crippen molar-refractivity contribution in [3.8, 4) is 0 Å². The third-order valence-electron chi connectivity index (χ3n) is 4.32. The summed E-state index contributed by atoms with van der Waals surface area (Å²) in [4.78, 5) is 12.4. The Labute approximate surface area is 152 Å². The summed E-state index contributed by atoms with van der Waals surface area (Å²) >= 11 is 3.35. The number of rotatable bonds is 5. The number of hydrogen-bond donors (Lipinski definition) is 0. The van der Waals surface area contributed by atoms with Crippen LogP contribution in [0.4, 0.5) is 0 Å². The molecule has 0 unspecified atom stereocenters. The molecule has 1 fully saturated rings. The van der Waals surface area contributed by atoms with Gasteiger partial charge in [0.15, 0.2) is 0 Å². The highest BCUT2D eigenvalue weighted by atomic mass is 79.9. The molecule has 2 atom stereocenters. The second-order valence-electron chi connectivity index (χ2n) is 6.05. The second-order valence-corrected chi connectivity index (χ2v) is 6.97. The first-order valence-electron chi connectivity index (χ1n) is 8.16. The highest BCUT2D eigenvalue weighted by Gasteiger charge is 2.33. The minimum Gasteiger partial charge on any atom is -0.454 e. The van der Waals surface area contributed by atoms with Crippen molar-refractivity contribution in [3.05, 3.63) is 59.0 Å². The molecule has 4 rings (SSSR count). The van der Waals surface area contributed by atoms with E-state index in [1.165, 1.54) is 0 Å². The summed E-state index contributed by atoms with van der Waals surface area (Å²) in [7, 11) is 0. The van der Waals surface area contributed by atoms with E-state index < -0.39 is 5.97 Å². The number of esters is 1. The van der Waals surface area contributed by atoms with E-state index in [4.69, 9.17) is 9.15 Å². The fraction of sp³-hybridized carbons (Fsp3) is 0.353. The number of carbonyl (C=O) groups excluding carboxylic acids is 1. The Hall–Kier alpha value is -2.35. The predicted molar refractivity (Wildman–Crippen MR) is 92.1 cm³/mol. The van der Waals surface area contributed by atoms with Crippen LogP contribution in [-0.2, 0) is 11.3 Å². The van der Waals surface area contributed by atoms with Crippen LogP contribution in [0.15, 0.2) is 51.9 Å². The van der Waals surface area contributed by atoms with Crippen LogP contribution < -0.4 is 0 Å². The fourth-order valence-electron chi connectivity index (χ4n) is 3.18. The quantitative estimate of drug-likeness (QED) is 0.608. The third-order valence-corrected chi connectivity index (χ3v) is 4.73. The molecule has 1 aliphatic carbocycles. The SMILES string of the molecule is O=C(O[C@@H]1CCC[C@H]1n1cccn1)c1ccc(Cn2cc(Br)cn2)o1. The van der Waals surface area contributed by atoms with Gasteiger partial charge in [0.25, 0.3) is 0 Å². The lowest BCUT2D eigenvalue weighted by atomic mass is 10.2. The van der Waals surface area contributed by atoms with Gasteiger partial charge >= 0.3 is 5.97 Å². The van der Waals surface area contributed by atoms with Crippen LogP contribution in [0, 0.1) is 0 Å². The molecule has 0 N–H and O–H groups in total. The van der Waals surface area contributed by atoms with Crippen LogP contribution in [0.25, 0.3) is 0 Å². The Morgan fingerprint density at radius 2 is 2.28 bits per heavy atom. The lowest BCUT2D eigenvalue weighted by Gasteiger charge is -2.19. The minimum atomic E-state index is -0.433. The van der Waals surface area contributed by atoms with E-state index in [1.807, 2.05) is 23.1 Å². The summed E-state index contributed by atoms with van der Waals surface area (Å²) in [6, 6.07) is 5.39. The van der Waals surface area contributed by atoms with Gasteiger partial charge in [0.2, 0.25) is 5.76 Å². The van der Waals surface area contributed by atoms with E-state index >= 15 is 0 Å². The van der Waals surface area contributed by atoms with E-state index in [1.54, 1.807) is 29.2 Å². The Morgan fingerprint density at radius 1 is 1.36 bits per heavy atom. The van der Waals surface area contributed by atoms with Gasteiger partial charge in [-0.25, -0.2) is 4.79 Å². The smallest absolute Gasteiger partial charge is 0.374 e. The zero-order valence-corrected chi connectivity index (χ0v) is 15.0. The van der Waals surface area contributed by atoms with Gasteiger partial charge in [-0.3, -0.25) is 9.36 Å². The minimum absolute atomic E-state index is 0.0924. The number of carbonyl (C=O) groups is 1. The third kappa shape index (κ3) is 3.53. The molecule has 0 aliphatic heterocycles. The Morgan fingerprint density at radius 3 is 3.04 bits per heavy atom. The largest absolute Gasteiger partial charge is 0.454 e. The Balaban J connectivity index is 1.41. The van der Waals surface area contributed by atoms with E-state index in [2.05, 4.69) is 26.1 Å².